The Hall–Kier alpha value is -2.14. The lowest BCUT2D eigenvalue weighted by Gasteiger charge is -2.01. The van der Waals surface area contributed by atoms with Gasteiger partial charge in [0, 0.05) is 0 Å². The average Bonchev–Trinajstić information content (AvgIpc) is 2.54. The zero-order valence-corrected chi connectivity index (χ0v) is 13.4. The number of benzene rings is 2. The number of nitrogens with zero attached hydrogens (tertiary/aromatic N) is 2. The number of aryl methyl sites for hydroxylation is 1. The first-order valence-electron chi connectivity index (χ1n) is 6.08. The quantitative estimate of drug-likeness (QED) is 0.455. The van der Waals surface area contributed by atoms with E-state index in [2.05, 4.69) is 8.13 Å². The standard InChI is InChI=1S/C13H7F5N2O2S2/c1-6-2-4-7(5-3-6)24(21,22)20-23-19-13-11(17)9(15)8(14)10(16)12(13)18/h2-5H,1H3. The molecule has 0 aliphatic rings. The Morgan fingerprint density at radius 3 is 1.79 bits per heavy atom. The van der Waals surface area contributed by atoms with Gasteiger partial charge in [-0.3, -0.25) is 0 Å². The molecule has 0 radical (unpaired) electrons. The highest BCUT2D eigenvalue weighted by Crippen LogP contribution is 2.29. The normalized spacial score (nSPS) is 11.2. The molecule has 0 aliphatic heterocycles. The third kappa shape index (κ3) is 3.51. The van der Waals surface area contributed by atoms with Crippen LogP contribution in [-0.2, 0) is 21.4 Å². The molecule has 0 saturated heterocycles. The van der Waals surface area contributed by atoms with Gasteiger partial charge in [-0.2, -0.15) is 12.8 Å². The van der Waals surface area contributed by atoms with E-state index in [9.17, 15) is 30.4 Å². The Morgan fingerprint density at radius 1 is 0.833 bits per heavy atom. The van der Waals surface area contributed by atoms with Gasteiger partial charge in [-0.25, -0.2) is 22.0 Å². The van der Waals surface area contributed by atoms with E-state index in [4.69, 9.17) is 0 Å². The summed E-state index contributed by atoms with van der Waals surface area (Å²) in [6.07, 6.45) is 0. The first-order chi connectivity index (χ1) is 11.1. The van der Waals surface area contributed by atoms with Crippen molar-refractivity contribution in [3.05, 3.63) is 58.9 Å². The Kier molecular flexibility index (Phi) is 5.13. The van der Waals surface area contributed by atoms with Gasteiger partial charge in [-0.15, -0.1) is 0 Å². The van der Waals surface area contributed by atoms with E-state index in [0.717, 1.165) is 5.56 Å². The summed E-state index contributed by atoms with van der Waals surface area (Å²) in [7, 11) is -4.21. The molecule has 0 unspecified atom stereocenters. The summed E-state index contributed by atoms with van der Waals surface area (Å²) in [5.41, 5.74) is -0.730. The summed E-state index contributed by atoms with van der Waals surface area (Å²) in [6, 6.07) is 5.47. The summed E-state index contributed by atoms with van der Waals surface area (Å²) in [4.78, 5) is -0.215. The lowest BCUT2D eigenvalue weighted by Crippen LogP contribution is -2.00. The van der Waals surface area contributed by atoms with Crippen LogP contribution in [-0.4, -0.2) is 8.42 Å². The number of sulfonamides is 1. The highest BCUT2D eigenvalue weighted by atomic mass is 32.2. The van der Waals surface area contributed by atoms with E-state index in [-0.39, 0.29) is 16.3 Å². The summed E-state index contributed by atoms with van der Waals surface area (Å²) < 4.78 is 95.3. The Labute approximate surface area is 136 Å². The van der Waals surface area contributed by atoms with E-state index < -0.39 is 44.8 Å². The molecule has 0 heterocycles. The summed E-state index contributed by atoms with van der Waals surface area (Å²) >= 11 is -0.210. The fraction of sp³-hybridized carbons (Fsp3) is 0.0769. The number of hydrogen-bond acceptors (Lipinski definition) is 3. The molecule has 11 heteroatoms. The highest BCUT2D eigenvalue weighted by Gasteiger charge is 2.25. The molecule has 0 spiro atoms. The molecule has 0 amide bonds. The van der Waals surface area contributed by atoms with Crippen LogP contribution in [0.5, 0.6) is 0 Å². The van der Waals surface area contributed by atoms with Gasteiger partial charge < -0.3 is 0 Å². The third-order valence-corrected chi connectivity index (χ3v) is 4.95. The van der Waals surface area contributed by atoms with Crippen molar-refractivity contribution in [1.29, 1.82) is 0 Å². The third-order valence-electron chi connectivity index (χ3n) is 2.77. The van der Waals surface area contributed by atoms with E-state index in [1.165, 1.54) is 24.3 Å². The van der Waals surface area contributed by atoms with Crippen LogP contribution >= 0.6 is 0 Å². The molecular weight excluding hydrogens is 375 g/mol. The number of rotatable bonds is 3. The monoisotopic (exact) mass is 382 g/mol. The molecule has 4 nitrogen and oxygen atoms in total. The summed E-state index contributed by atoms with van der Waals surface area (Å²) in [5.74, 6) is -11.1. The Bertz CT molecular complexity index is 940. The van der Waals surface area contributed by atoms with Crippen molar-refractivity contribution in [3.63, 3.8) is 0 Å². The van der Waals surface area contributed by atoms with Gasteiger partial charge in [-0.1, -0.05) is 21.5 Å². The number of hydrogen-bond donors (Lipinski definition) is 0. The van der Waals surface area contributed by atoms with Crippen LogP contribution in [0.4, 0.5) is 27.6 Å². The van der Waals surface area contributed by atoms with Crippen molar-refractivity contribution in [3.8, 4) is 0 Å². The molecule has 0 aromatic heterocycles. The molecule has 2 aromatic rings. The van der Waals surface area contributed by atoms with Crippen LogP contribution in [0.2, 0.25) is 0 Å². The van der Waals surface area contributed by atoms with Gasteiger partial charge in [0.25, 0.3) is 10.0 Å². The molecule has 0 aliphatic carbocycles. The lowest BCUT2D eigenvalue weighted by atomic mass is 10.2. The number of halogens is 5. The molecule has 0 N–H and O–H groups in total. The van der Waals surface area contributed by atoms with Crippen molar-refractivity contribution < 1.29 is 30.4 Å². The van der Waals surface area contributed by atoms with Crippen LogP contribution in [0.25, 0.3) is 0 Å². The van der Waals surface area contributed by atoms with Gasteiger partial charge in [0.05, 0.1) is 16.3 Å². The van der Waals surface area contributed by atoms with Crippen LogP contribution in [0.15, 0.2) is 37.3 Å². The fourth-order valence-electron chi connectivity index (χ4n) is 1.53. The SMILES string of the molecule is Cc1ccc(S(=O)(=O)N=S=Nc2c(F)c(F)c(F)c(F)c2F)cc1. The van der Waals surface area contributed by atoms with Crippen molar-refractivity contribution >= 4 is 27.1 Å². The Balaban J connectivity index is 2.48. The van der Waals surface area contributed by atoms with Crippen LogP contribution in [0, 0.1) is 36.0 Å². The molecule has 2 aromatic carbocycles. The lowest BCUT2D eigenvalue weighted by molar-refractivity contribution is 0.381. The highest BCUT2D eigenvalue weighted by molar-refractivity contribution is 7.93. The second-order valence-corrected chi connectivity index (χ2v) is 6.82. The maximum absolute atomic E-state index is 13.4. The maximum Gasteiger partial charge on any atom is 0.293 e. The first kappa shape index (κ1) is 18.2. The minimum Gasteiger partial charge on any atom is -0.201 e. The molecule has 0 saturated carbocycles. The zero-order valence-electron chi connectivity index (χ0n) is 11.7. The van der Waals surface area contributed by atoms with Gasteiger partial charge in [0.2, 0.25) is 5.82 Å². The molecule has 24 heavy (non-hydrogen) atoms. The second-order valence-electron chi connectivity index (χ2n) is 4.45. The maximum atomic E-state index is 13.4. The van der Waals surface area contributed by atoms with Crippen molar-refractivity contribution in [2.75, 3.05) is 0 Å². The first-order valence-corrected chi connectivity index (χ1v) is 8.25. The predicted octanol–water partition coefficient (Wildman–Crippen LogP) is 4.16. The Morgan fingerprint density at radius 2 is 1.29 bits per heavy atom. The van der Waals surface area contributed by atoms with Crippen LogP contribution < -0.4 is 0 Å². The molecule has 0 bridgehead atoms. The van der Waals surface area contributed by atoms with E-state index in [1.54, 1.807) is 6.92 Å². The van der Waals surface area contributed by atoms with Crippen LogP contribution in [0.1, 0.15) is 5.56 Å². The minimum absolute atomic E-state index is 0.210. The molecule has 2 rings (SSSR count). The molecule has 0 atom stereocenters. The molecule has 0 fully saturated rings. The van der Waals surface area contributed by atoms with Gasteiger partial charge >= 0.3 is 0 Å². The zero-order chi connectivity index (χ0) is 18.1. The summed E-state index contributed by atoms with van der Waals surface area (Å²) in [5, 5.41) is 0. The average molecular weight is 382 g/mol. The van der Waals surface area contributed by atoms with E-state index >= 15 is 0 Å². The topological polar surface area (TPSA) is 58.9 Å². The second kappa shape index (κ2) is 6.77. The van der Waals surface area contributed by atoms with Gasteiger partial charge in [-0.05, 0) is 19.1 Å². The largest absolute Gasteiger partial charge is 0.293 e. The minimum atomic E-state index is -4.21. The molecular formula is C13H7F5N2O2S2. The fourth-order valence-corrected chi connectivity index (χ4v) is 3.08. The van der Waals surface area contributed by atoms with Crippen molar-refractivity contribution in [2.45, 2.75) is 11.8 Å². The smallest absolute Gasteiger partial charge is 0.201 e. The van der Waals surface area contributed by atoms with Crippen LogP contribution in [0.3, 0.4) is 0 Å². The van der Waals surface area contributed by atoms with E-state index in [0.29, 0.717) is 0 Å². The molecule has 128 valence electrons. The van der Waals surface area contributed by atoms with Gasteiger partial charge in [0.1, 0.15) is 0 Å². The predicted molar refractivity (Wildman–Crippen MR) is 76.5 cm³/mol. The van der Waals surface area contributed by atoms with E-state index in [1.807, 2.05) is 0 Å². The van der Waals surface area contributed by atoms with Gasteiger partial charge in [0.15, 0.2) is 29.0 Å². The van der Waals surface area contributed by atoms with Crippen molar-refractivity contribution in [1.82, 2.24) is 0 Å². The summed E-state index contributed by atoms with van der Waals surface area (Å²) in [6.45, 7) is 1.72. The van der Waals surface area contributed by atoms with Crippen molar-refractivity contribution in [2.24, 2.45) is 8.13 Å².